The third-order valence-corrected chi connectivity index (χ3v) is 2.27. The topological polar surface area (TPSA) is 26.3 Å². The molecular weight excluding hydrogens is 160 g/mol. The molecule has 0 bridgehead atoms. The molecule has 66 valence electrons. The van der Waals surface area contributed by atoms with Crippen LogP contribution in [0.1, 0.15) is 33.6 Å². The summed E-state index contributed by atoms with van der Waals surface area (Å²) in [5.41, 5.74) is 0.0130. The summed E-state index contributed by atoms with van der Waals surface area (Å²) in [5, 5.41) is 0. The van der Waals surface area contributed by atoms with Crippen LogP contribution in [0.2, 0.25) is 0 Å². The molecule has 1 unspecified atom stereocenters. The van der Waals surface area contributed by atoms with Gasteiger partial charge in [-0.2, -0.15) is 0 Å². The molecule has 0 spiro atoms. The first-order valence-corrected chi connectivity index (χ1v) is 5.00. The van der Waals surface area contributed by atoms with Crippen molar-refractivity contribution in [1.29, 1.82) is 0 Å². The number of ether oxygens (including phenoxy) is 1. The Labute approximate surface area is 72.7 Å². The van der Waals surface area contributed by atoms with Crippen LogP contribution < -0.4 is 0 Å². The Balaban J connectivity index is 3.22. The lowest BCUT2D eigenvalue weighted by Crippen LogP contribution is -2.08. The number of unbranched alkanes of at least 4 members (excludes halogenated alkanes) is 1. The highest BCUT2D eigenvalue weighted by Crippen LogP contribution is 2.13. The Kier molecular flexibility index (Phi) is 6.42. The molecule has 0 aromatic heterocycles. The molecule has 0 amide bonds. The summed E-state index contributed by atoms with van der Waals surface area (Å²) in [6, 6.07) is 0. The first kappa shape index (κ1) is 10.8. The molecule has 0 aliphatic carbocycles. The summed E-state index contributed by atoms with van der Waals surface area (Å²) in [4.78, 5) is 10.5. The van der Waals surface area contributed by atoms with Crippen LogP contribution in [0.5, 0.6) is 0 Å². The fraction of sp³-hybridized carbons (Fsp3) is 0.875. The molecule has 0 rings (SSSR count). The zero-order chi connectivity index (χ0) is 8.69. The molecule has 2 nitrogen and oxygen atoms in total. The molecule has 0 aromatic carbocycles. The predicted octanol–water partition coefficient (Wildman–Crippen LogP) is 2.43. The highest BCUT2D eigenvalue weighted by molar-refractivity contribution is 7.99. The van der Waals surface area contributed by atoms with E-state index < -0.39 is 0 Å². The van der Waals surface area contributed by atoms with E-state index in [1.807, 2.05) is 6.92 Å². The molecule has 0 saturated carbocycles. The zero-order valence-corrected chi connectivity index (χ0v) is 8.24. The highest BCUT2D eigenvalue weighted by Gasteiger charge is 2.03. The van der Waals surface area contributed by atoms with Gasteiger partial charge in [0.25, 0.3) is 0 Å². The summed E-state index contributed by atoms with van der Waals surface area (Å²) < 4.78 is 4.92. The van der Waals surface area contributed by atoms with E-state index in [0.29, 0.717) is 0 Å². The van der Waals surface area contributed by atoms with Gasteiger partial charge in [0, 0.05) is 6.92 Å². The Bertz CT molecular complexity index is 115. The Morgan fingerprint density at radius 1 is 1.64 bits per heavy atom. The van der Waals surface area contributed by atoms with Crippen LogP contribution >= 0.6 is 11.8 Å². The number of hydrogen-bond donors (Lipinski definition) is 0. The van der Waals surface area contributed by atoms with Crippen LogP contribution in [0, 0.1) is 0 Å². The van der Waals surface area contributed by atoms with Crippen molar-refractivity contribution in [3.05, 3.63) is 0 Å². The molecule has 0 aliphatic rings. The van der Waals surface area contributed by atoms with Gasteiger partial charge in [-0.1, -0.05) is 13.3 Å². The third-order valence-electron chi connectivity index (χ3n) is 1.18. The quantitative estimate of drug-likeness (QED) is 0.365. The minimum absolute atomic E-state index is 0.0130. The van der Waals surface area contributed by atoms with Crippen molar-refractivity contribution >= 4 is 17.7 Å². The van der Waals surface area contributed by atoms with Crippen LogP contribution in [-0.4, -0.2) is 17.2 Å². The molecule has 0 radical (unpaired) electrons. The SMILES string of the molecule is CCCCSC(C)OC(C)=O. The van der Waals surface area contributed by atoms with Gasteiger partial charge in [-0.15, -0.1) is 11.8 Å². The Hall–Kier alpha value is -0.180. The molecule has 3 heteroatoms. The van der Waals surface area contributed by atoms with Crippen LogP contribution in [-0.2, 0) is 9.53 Å². The van der Waals surface area contributed by atoms with Crippen molar-refractivity contribution in [2.75, 3.05) is 5.75 Å². The molecular formula is C8H16O2S. The molecule has 0 N–H and O–H groups in total. The average molecular weight is 176 g/mol. The van der Waals surface area contributed by atoms with Gasteiger partial charge in [0.15, 0.2) is 0 Å². The van der Waals surface area contributed by atoms with Gasteiger partial charge in [-0.25, -0.2) is 0 Å². The van der Waals surface area contributed by atoms with Crippen molar-refractivity contribution < 1.29 is 9.53 Å². The number of carbonyl (C=O) groups excluding carboxylic acids is 1. The molecule has 0 aliphatic heterocycles. The van der Waals surface area contributed by atoms with Gasteiger partial charge >= 0.3 is 5.97 Å². The largest absolute Gasteiger partial charge is 0.452 e. The van der Waals surface area contributed by atoms with Gasteiger partial charge in [-0.3, -0.25) is 4.79 Å². The maximum atomic E-state index is 10.5. The molecule has 11 heavy (non-hydrogen) atoms. The van der Waals surface area contributed by atoms with Crippen LogP contribution in [0.4, 0.5) is 0 Å². The van der Waals surface area contributed by atoms with E-state index in [1.54, 1.807) is 11.8 Å². The first-order chi connectivity index (χ1) is 5.16. The monoisotopic (exact) mass is 176 g/mol. The van der Waals surface area contributed by atoms with Crippen LogP contribution in [0.3, 0.4) is 0 Å². The second kappa shape index (κ2) is 6.53. The lowest BCUT2D eigenvalue weighted by molar-refractivity contribution is -0.141. The van der Waals surface area contributed by atoms with Crippen molar-refractivity contribution in [3.8, 4) is 0 Å². The van der Waals surface area contributed by atoms with Gasteiger partial charge in [0.2, 0.25) is 0 Å². The number of carbonyl (C=O) groups is 1. The summed E-state index contributed by atoms with van der Waals surface area (Å²) in [6.45, 7) is 5.50. The lowest BCUT2D eigenvalue weighted by atomic mass is 10.4. The van der Waals surface area contributed by atoms with Gasteiger partial charge in [0.05, 0.1) is 0 Å². The number of hydrogen-bond acceptors (Lipinski definition) is 3. The number of thioether (sulfide) groups is 1. The number of rotatable bonds is 5. The fourth-order valence-corrected chi connectivity index (χ4v) is 1.65. The zero-order valence-electron chi connectivity index (χ0n) is 7.42. The van der Waals surface area contributed by atoms with E-state index in [1.165, 1.54) is 19.8 Å². The normalized spacial score (nSPS) is 12.6. The second-order valence-electron chi connectivity index (χ2n) is 2.40. The van der Waals surface area contributed by atoms with Crippen LogP contribution in [0.25, 0.3) is 0 Å². The van der Waals surface area contributed by atoms with Crippen molar-refractivity contribution in [1.82, 2.24) is 0 Å². The van der Waals surface area contributed by atoms with Gasteiger partial charge in [-0.05, 0) is 19.1 Å². The summed E-state index contributed by atoms with van der Waals surface area (Å²) in [6.07, 6.45) is 2.38. The minimum Gasteiger partial charge on any atom is -0.452 e. The van der Waals surface area contributed by atoms with Crippen molar-refractivity contribution in [3.63, 3.8) is 0 Å². The average Bonchev–Trinajstić information content (AvgIpc) is 1.86. The summed E-state index contributed by atoms with van der Waals surface area (Å²) >= 11 is 1.69. The summed E-state index contributed by atoms with van der Waals surface area (Å²) in [5.74, 6) is 0.881. The van der Waals surface area contributed by atoms with Gasteiger partial charge < -0.3 is 4.74 Å². The molecule has 1 atom stereocenters. The maximum Gasteiger partial charge on any atom is 0.303 e. The second-order valence-corrected chi connectivity index (χ2v) is 3.81. The standard InChI is InChI=1S/C8H16O2S/c1-4-5-6-11-8(3)10-7(2)9/h8H,4-6H2,1-3H3. The third kappa shape index (κ3) is 7.72. The predicted molar refractivity (Wildman–Crippen MR) is 48.6 cm³/mol. The lowest BCUT2D eigenvalue weighted by Gasteiger charge is -2.09. The van der Waals surface area contributed by atoms with E-state index in [0.717, 1.165) is 5.75 Å². The minimum atomic E-state index is -0.193. The smallest absolute Gasteiger partial charge is 0.303 e. The highest BCUT2D eigenvalue weighted by atomic mass is 32.2. The van der Waals surface area contributed by atoms with Gasteiger partial charge in [0.1, 0.15) is 5.44 Å². The maximum absolute atomic E-state index is 10.5. The molecule has 0 fully saturated rings. The summed E-state index contributed by atoms with van der Waals surface area (Å²) in [7, 11) is 0. The fourth-order valence-electron chi connectivity index (χ4n) is 0.661. The van der Waals surface area contributed by atoms with Crippen molar-refractivity contribution in [2.24, 2.45) is 0 Å². The molecule has 0 saturated heterocycles. The Morgan fingerprint density at radius 3 is 2.73 bits per heavy atom. The van der Waals surface area contributed by atoms with Crippen molar-refractivity contribution in [2.45, 2.75) is 39.0 Å². The molecule has 0 aromatic rings. The van der Waals surface area contributed by atoms with Crippen LogP contribution in [0.15, 0.2) is 0 Å². The van der Waals surface area contributed by atoms with E-state index >= 15 is 0 Å². The van der Waals surface area contributed by atoms with E-state index in [-0.39, 0.29) is 11.4 Å². The molecule has 0 heterocycles. The first-order valence-electron chi connectivity index (χ1n) is 3.95. The Morgan fingerprint density at radius 2 is 2.27 bits per heavy atom. The van der Waals surface area contributed by atoms with E-state index in [4.69, 9.17) is 4.74 Å². The number of esters is 1. The van der Waals surface area contributed by atoms with E-state index in [2.05, 4.69) is 6.92 Å². The van der Waals surface area contributed by atoms with E-state index in [9.17, 15) is 4.79 Å².